The van der Waals surface area contributed by atoms with E-state index < -0.39 is 17.2 Å². The summed E-state index contributed by atoms with van der Waals surface area (Å²) in [6.45, 7) is 3.64. The van der Waals surface area contributed by atoms with E-state index in [4.69, 9.17) is 9.47 Å². The lowest BCUT2D eigenvalue weighted by molar-refractivity contribution is 0.0689. The van der Waals surface area contributed by atoms with Crippen molar-refractivity contribution in [1.29, 1.82) is 0 Å². The van der Waals surface area contributed by atoms with Gasteiger partial charge in [-0.1, -0.05) is 17.8 Å². The number of hydrogen-bond acceptors (Lipinski definition) is 7. The Bertz CT molecular complexity index is 1370. The van der Waals surface area contributed by atoms with Crippen LogP contribution in [0.15, 0.2) is 40.2 Å². The normalized spacial score (nSPS) is 17.2. The summed E-state index contributed by atoms with van der Waals surface area (Å²) in [7, 11) is 0. The van der Waals surface area contributed by atoms with Crippen LogP contribution >= 0.6 is 11.8 Å². The van der Waals surface area contributed by atoms with Crippen LogP contribution in [0.4, 0.5) is 10.1 Å². The van der Waals surface area contributed by atoms with Crippen LogP contribution in [0.3, 0.4) is 0 Å². The zero-order valence-electron chi connectivity index (χ0n) is 17.5. The highest BCUT2D eigenvalue weighted by atomic mass is 32.2. The zero-order chi connectivity index (χ0) is 22.7. The van der Waals surface area contributed by atoms with Crippen molar-refractivity contribution in [3.63, 3.8) is 0 Å². The Balaban J connectivity index is 1.24. The lowest BCUT2D eigenvalue weighted by atomic mass is 10.1. The van der Waals surface area contributed by atoms with Gasteiger partial charge in [-0.15, -0.1) is 0 Å². The van der Waals surface area contributed by atoms with Crippen molar-refractivity contribution in [3.05, 3.63) is 57.5 Å². The van der Waals surface area contributed by atoms with Crippen LogP contribution in [0.25, 0.3) is 10.9 Å². The molecule has 0 bridgehead atoms. The van der Waals surface area contributed by atoms with Gasteiger partial charge < -0.3 is 24.0 Å². The van der Waals surface area contributed by atoms with Crippen LogP contribution < -0.4 is 19.8 Å². The minimum atomic E-state index is -1.25. The van der Waals surface area contributed by atoms with Gasteiger partial charge in [-0.25, -0.2) is 9.18 Å². The summed E-state index contributed by atoms with van der Waals surface area (Å²) in [4.78, 5) is 28.7. The minimum Gasteiger partial charge on any atom is -0.477 e. The van der Waals surface area contributed by atoms with Crippen LogP contribution in [0.2, 0.25) is 0 Å². The van der Waals surface area contributed by atoms with Gasteiger partial charge in [0, 0.05) is 44.2 Å². The Hall–Kier alpha value is -3.24. The van der Waals surface area contributed by atoms with Crippen molar-refractivity contribution >= 4 is 34.3 Å². The Morgan fingerprint density at radius 3 is 2.61 bits per heavy atom. The third-order valence-electron chi connectivity index (χ3n) is 6.39. The average Bonchev–Trinajstić information content (AvgIpc) is 3.24. The number of pyridine rings is 1. The zero-order valence-corrected chi connectivity index (χ0v) is 18.4. The van der Waals surface area contributed by atoms with Gasteiger partial charge in [0.1, 0.15) is 11.4 Å². The quantitative estimate of drug-likeness (QED) is 0.625. The summed E-state index contributed by atoms with van der Waals surface area (Å²) < 4.78 is 27.6. The van der Waals surface area contributed by atoms with E-state index in [1.54, 1.807) is 4.57 Å². The number of rotatable bonds is 4. The fourth-order valence-corrected chi connectivity index (χ4v) is 5.59. The first kappa shape index (κ1) is 20.4. The van der Waals surface area contributed by atoms with Gasteiger partial charge >= 0.3 is 5.97 Å². The number of anilines is 1. The van der Waals surface area contributed by atoms with Gasteiger partial charge in [0.05, 0.1) is 22.1 Å². The molecule has 1 fully saturated rings. The van der Waals surface area contributed by atoms with Crippen LogP contribution in [0.5, 0.6) is 11.5 Å². The maximum Gasteiger partial charge on any atom is 0.342 e. The molecule has 10 heteroatoms. The van der Waals surface area contributed by atoms with Crippen molar-refractivity contribution < 1.29 is 23.8 Å². The first-order chi connectivity index (χ1) is 16.0. The maximum atomic E-state index is 15.1. The van der Waals surface area contributed by atoms with Crippen molar-refractivity contribution in [3.8, 4) is 11.5 Å². The van der Waals surface area contributed by atoms with E-state index in [2.05, 4.69) is 4.90 Å². The number of nitrogens with zero attached hydrogens (tertiary/aromatic N) is 3. The van der Waals surface area contributed by atoms with E-state index >= 15 is 4.39 Å². The van der Waals surface area contributed by atoms with Crippen molar-refractivity contribution in [2.45, 2.75) is 17.4 Å². The van der Waals surface area contributed by atoms with E-state index in [1.165, 1.54) is 23.9 Å². The van der Waals surface area contributed by atoms with E-state index in [0.29, 0.717) is 35.2 Å². The fraction of sp³-hybridized carbons (Fsp3) is 0.304. The predicted octanol–water partition coefficient (Wildman–Crippen LogP) is 2.95. The molecule has 3 aromatic rings. The summed E-state index contributed by atoms with van der Waals surface area (Å²) in [5, 5.41) is 10.1. The lowest BCUT2D eigenvalue weighted by Gasteiger charge is -2.36. The molecular weight excluding hydrogens is 449 g/mol. The number of piperazine rings is 1. The summed E-state index contributed by atoms with van der Waals surface area (Å²) in [5.74, 6) is 0.363. The van der Waals surface area contributed by atoms with Crippen molar-refractivity contribution in [2.75, 3.05) is 37.9 Å². The number of halogens is 1. The highest BCUT2D eigenvalue weighted by Crippen LogP contribution is 2.38. The monoisotopic (exact) mass is 469 g/mol. The Morgan fingerprint density at radius 2 is 1.88 bits per heavy atom. The smallest absolute Gasteiger partial charge is 0.342 e. The number of aromatic carboxylic acids is 1. The predicted molar refractivity (Wildman–Crippen MR) is 121 cm³/mol. The van der Waals surface area contributed by atoms with Crippen LogP contribution in [-0.4, -0.2) is 53.5 Å². The lowest BCUT2D eigenvalue weighted by Crippen LogP contribution is -2.46. The number of ether oxygens (including phenoxy) is 2. The molecule has 6 rings (SSSR count). The standard InChI is InChI=1S/C23H20FN3O5S/c24-15-9-16-14(21(28)20(23(29)30)22-27(16)11-33-22)8-17(15)26-5-3-25(4-6-26)10-13-1-2-18-19(7-13)32-12-31-18/h1-2,7-9H,3-6,10-12H2,(H,29,30). The topological polar surface area (TPSA) is 84.2 Å². The number of thioether (sulfide) groups is 1. The molecule has 1 N–H and O–H groups in total. The number of aromatic nitrogens is 1. The SMILES string of the molecule is O=C(O)c1c2n(c3cc(F)c(N4CCN(Cc5ccc6c(c5)OCO6)CC4)cc3c1=O)CS2. The summed E-state index contributed by atoms with van der Waals surface area (Å²) >= 11 is 1.29. The van der Waals surface area contributed by atoms with E-state index in [1.807, 2.05) is 23.1 Å². The fourth-order valence-electron chi connectivity index (χ4n) is 4.64. The molecule has 170 valence electrons. The first-order valence-electron chi connectivity index (χ1n) is 10.6. The average molecular weight is 469 g/mol. The van der Waals surface area contributed by atoms with Gasteiger partial charge in [0.25, 0.3) is 0 Å². The Labute approximate surface area is 192 Å². The van der Waals surface area contributed by atoms with Crippen LogP contribution in [0.1, 0.15) is 15.9 Å². The molecule has 3 aliphatic rings. The molecule has 0 atom stereocenters. The first-order valence-corrected chi connectivity index (χ1v) is 11.6. The van der Waals surface area contributed by atoms with E-state index in [9.17, 15) is 14.7 Å². The number of carboxylic acid groups (broad SMARTS) is 1. The summed E-state index contributed by atoms with van der Waals surface area (Å²) in [6.07, 6.45) is 0. The molecule has 3 aliphatic heterocycles. The third kappa shape index (κ3) is 3.32. The largest absolute Gasteiger partial charge is 0.477 e. The molecule has 0 aliphatic carbocycles. The van der Waals surface area contributed by atoms with Gasteiger partial charge in [0.15, 0.2) is 11.5 Å². The molecule has 1 saturated heterocycles. The maximum absolute atomic E-state index is 15.1. The Kier molecular flexibility index (Phi) is 4.73. The second kappa shape index (κ2) is 7.67. The van der Waals surface area contributed by atoms with Gasteiger partial charge in [0.2, 0.25) is 12.2 Å². The van der Waals surface area contributed by atoms with E-state index in [-0.39, 0.29) is 17.7 Å². The molecule has 4 heterocycles. The molecule has 0 saturated carbocycles. The number of benzene rings is 2. The second-order valence-corrected chi connectivity index (χ2v) is 9.22. The molecule has 0 unspecified atom stereocenters. The third-order valence-corrected chi connectivity index (χ3v) is 7.47. The van der Waals surface area contributed by atoms with Crippen molar-refractivity contribution in [1.82, 2.24) is 9.47 Å². The minimum absolute atomic E-state index is 0.232. The molecule has 2 aromatic carbocycles. The van der Waals surface area contributed by atoms with Crippen LogP contribution in [-0.2, 0) is 12.4 Å². The molecule has 8 nitrogen and oxygen atoms in total. The number of fused-ring (bicyclic) bond motifs is 4. The molecule has 0 amide bonds. The highest BCUT2D eigenvalue weighted by molar-refractivity contribution is 7.99. The van der Waals surface area contributed by atoms with Crippen LogP contribution in [0, 0.1) is 5.82 Å². The van der Waals surface area contributed by atoms with E-state index in [0.717, 1.165) is 36.7 Å². The highest BCUT2D eigenvalue weighted by Gasteiger charge is 2.29. The van der Waals surface area contributed by atoms with Gasteiger partial charge in [-0.05, 0) is 23.8 Å². The van der Waals surface area contributed by atoms with Gasteiger partial charge in [-0.2, -0.15) is 0 Å². The molecule has 1 aromatic heterocycles. The number of carboxylic acids is 1. The van der Waals surface area contributed by atoms with Gasteiger partial charge in [-0.3, -0.25) is 9.69 Å². The number of carbonyl (C=O) groups is 1. The van der Waals surface area contributed by atoms with Crippen molar-refractivity contribution in [2.24, 2.45) is 0 Å². The number of hydrogen-bond donors (Lipinski definition) is 1. The molecule has 33 heavy (non-hydrogen) atoms. The molecule has 0 spiro atoms. The second-order valence-electron chi connectivity index (χ2n) is 8.29. The molecular formula is C23H20FN3O5S. The molecule has 0 radical (unpaired) electrons. The summed E-state index contributed by atoms with van der Waals surface area (Å²) in [5.41, 5.74) is 1.12. The Morgan fingerprint density at radius 1 is 1.09 bits per heavy atom. The summed E-state index contributed by atoms with van der Waals surface area (Å²) in [6, 6.07) is 8.79.